The molecule has 0 aliphatic carbocycles. The highest BCUT2D eigenvalue weighted by atomic mass is 16.5. The van der Waals surface area contributed by atoms with E-state index in [4.69, 9.17) is 4.74 Å². The molecule has 1 aromatic rings. The van der Waals surface area contributed by atoms with Gasteiger partial charge in [0, 0.05) is 18.7 Å². The van der Waals surface area contributed by atoms with Crippen LogP contribution in [0.3, 0.4) is 0 Å². The molecule has 0 radical (unpaired) electrons. The van der Waals surface area contributed by atoms with Crippen molar-refractivity contribution in [1.82, 2.24) is 4.90 Å². The van der Waals surface area contributed by atoms with E-state index < -0.39 is 6.10 Å². The minimum absolute atomic E-state index is 0.0356. The van der Waals surface area contributed by atoms with E-state index in [0.29, 0.717) is 17.0 Å². The predicted octanol–water partition coefficient (Wildman–Crippen LogP) is 1.64. The fourth-order valence-electron chi connectivity index (χ4n) is 2.44. The first kappa shape index (κ1) is 12.0. The average Bonchev–Trinajstić information content (AvgIpc) is 2.93. The fourth-order valence-corrected chi connectivity index (χ4v) is 2.44. The number of nitrogens with zero attached hydrogens (tertiary/aromatic N) is 1. The van der Waals surface area contributed by atoms with Crippen LogP contribution in [-0.2, 0) is 4.79 Å². The second-order valence-corrected chi connectivity index (χ2v) is 4.96. The second-order valence-electron chi connectivity index (χ2n) is 4.96. The zero-order valence-corrected chi connectivity index (χ0v) is 10.8. The van der Waals surface area contributed by atoms with E-state index in [-0.39, 0.29) is 11.8 Å². The monoisotopic (exact) mass is 260 g/mol. The normalized spacial score (nSPS) is 21.6. The second kappa shape index (κ2) is 4.57. The Morgan fingerprint density at radius 1 is 1.37 bits per heavy atom. The lowest BCUT2D eigenvalue weighted by Gasteiger charge is -2.24. The number of amides is 2. The number of fused-ring (bicyclic) bond motifs is 1. The first-order chi connectivity index (χ1) is 9.15. The number of carbonyl (C=O) groups is 2. The summed E-state index contributed by atoms with van der Waals surface area (Å²) in [6, 6.07) is 5.17. The number of ether oxygens (including phenoxy) is 1. The maximum atomic E-state index is 12.3. The Hall–Kier alpha value is -2.04. The molecule has 0 spiro atoms. The van der Waals surface area contributed by atoms with Crippen LogP contribution in [0, 0.1) is 0 Å². The van der Waals surface area contributed by atoms with Gasteiger partial charge in [0.1, 0.15) is 5.75 Å². The molecule has 1 aromatic carbocycles. The quantitative estimate of drug-likeness (QED) is 0.835. The third kappa shape index (κ3) is 2.16. The molecule has 2 amide bonds. The summed E-state index contributed by atoms with van der Waals surface area (Å²) in [5, 5.41) is 2.76. The van der Waals surface area contributed by atoms with Gasteiger partial charge in [0.2, 0.25) is 0 Å². The van der Waals surface area contributed by atoms with Gasteiger partial charge in [0.25, 0.3) is 11.8 Å². The summed E-state index contributed by atoms with van der Waals surface area (Å²) in [6.07, 6.45) is 1.62. The first-order valence-electron chi connectivity index (χ1n) is 6.56. The van der Waals surface area contributed by atoms with E-state index in [2.05, 4.69) is 5.32 Å². The van der Waals surface area contributed by atoms with E-state index in [1.807, 2.05) is 4.90 Å². The number of likely N-dealkylation sites (tertiary alicyclic amines) is 1. The van der Waals surface area contributed by atoms with Gasteiger partial charge in [-0.15, -0.1) is 0 Å². The number of nitrogens with one attached hydrogen (secondary N) is 1. The molecule has 3 rings (SSSR count). The topological polar surface area (TPSA) is 58.6 Å². The van der Waals surface area contributed by atoms with Crippen molar-refractivity contribution in [3.05, 3.63) is 23.8 Å². The lowest BCUT2D eigenvalue weighted by Crippen LogP contribution is -2.34. The van der Waals surface area contributed by atoms with Crippen molar-refractivity contribution in [1.29, 1.82) is 0 Å². The third-order valence-electron chi connectivity index (χ3n) is 3.55. The smallest absolute Gasteiger partial charge is 0.265 e. The highest BCUT2D eigenvalue weighted by Gasteiger charge is 2.26. The van der Waals surface area contributed by atoms with Crippen molar-refractivity contribution in [3.8, 4) is 5.75 Å². The molecule has 0 saturated carbocycles. The van der Waals surface area contributed by atoms with E-state index >= 15 is 0 Å². The zero-order chi connectivity index (χ0) is 13.4. The van der Waals surface area contributed by atoms with Gasteiger partial charge >= 0.3 is 0 Å². The van der Waals surface area contributed by atoms with Crippen molar-refractivity contribution < 1.29 is 14.3 Å². The third-order valence-corrected chi connectivity index (χ3v) is 3.55. The zero-order valence-electron chi connectivity index (χ0n) is 10.8. The number of carbonyl (C=O) groups excluding carboxylic acids is 2. The molecule has 0 aromatic heterocycles. The van der Waals surface area contributed by atoms with Gasteiger partial charge in [-0.1, -0.05) is 0 Å². The summed E-state index contributed by atoms with van der Waals surface area (Å²) in [5.41, 5.74) is 1.24. The Balaban J connectivity index is 1.87. The van der Waals surface area contributed by atoms with Gasteiger partial charge < -0.3 is 15.0 Å². The molecule has 5 heteroatoms. The molecular formula is C14H16N2O3. The minimum atomic E-state index is -0.523. The minimum Gasteiger partial charge on any atom is -0.479 e. The van der Waals surface area contributed by atoms with Gasteiger partial charge in [0.15, 0.2) is 6.10 Å². The van der Waals surface area contributed by atoms with E-state index in [9.17, 15) is 9.59 Å². The molecule has 19 heavy (non-hydrogen) atoms. The average molecular weight is 260 g/mol. The maximum Gasteiger partial charge on any atom is 0.265 e. The van der Waals surface area contributed by atoms with Crippen molar-refractivity contribution in [2.75, 3.05) is 18.4 Å². The van der Waals surface area contributed by atoms with Gasteiger partial charge in [-0.05, 0) is 38.0 Å². The van der Waals surface area contributed by atoms with E-state index in [1.54, 1.807) is 25.1 Å². The van der Waals surface area contributed by atoms with Gasteiger partial charge in [-0.2, -0.15) is 0 Å². The molecule has 1 fully saturated rings. The lowest BCUT2D eigenvalue weighted by atomic mass is 10.1. The van der Waals surface area contributed by atoms with E-state index in [0.717, 1.165) is 25.9 Å². The van der Waals surface area contributed by atoms with Crippen LogP contribution >= 0.6 is 0 Å². The predicted molar refractivity (Wildman–Crippen MR) is 70.3 cm³/mol. The molecule has 2 aliphatic heterocycles. The number of hydrogen-bond acceptors (Lipinski definition) is 3. The van der Waals surface area contributed by atoms with Gasteiger partial charge in [-0.25, -0.2) is 0 Å². The molecular weight excluding hydrogens is 244 g/mol. The number of anilines is 1. The number of benzene rings is 1. The summed E-state index contributed by atoms with van der Waals surface area (Å²) in [6.45, 7) is 3.33. The van der Waals surface area contributed by atoms with Crippen LogP contribution in [0.15, 0.2) is 18.2 Å². The molecule has 1 unspecified atom stereocenters. The van der Waals surface area contributed by atoms with Gasteiger partial charge in [0.05, 0.1) is 5.69 Å². The van der Waals surface area contributed by atoms with Crippen molar-refractivity contribution >= 4 is 17.5 Å². The van der Waals surface area contributed by atoms with Crippen LogP contribution < -0.4 is 10.1 Å². The maximum absolute atomic E-state index is 12.3. The van der Waals surface area contributed by atoms with Crippen LogP contribution in [0.25, 0.3) is 0 Å². The Labute approximate surface area is 111 Å². The Morgan fingerprint density at radius 2 is 2.11 bits per heavy atom. The first-order valence-corrected chi connectivity index (χ1v) is 6.56. The van der Waals surface area contributed by atoms with Crippen molar-refractivity contribution in [2.24, 2.45) is 0 Å². The lowest BCUT2D eigenvalue weighted by molar-refractivity contribution is -0.122. The Bertz CT molecular complexity index is 535. The van der Waals surface area contributed by atoms with Crippen molar-refractivity contribution in [2.45, 2.75) is 25.9 Å². The molecule has 100 valence electrons. The molecule has 0 bridgehead atoms. The SMILES string of the molecule is CC1Oc2cc(C(=O)N3CCCC3)ccc2NC1=O. The largest absolute Gasteiger partial charge is 0.479 e. The van der Waals surface area contributed by atoms with Crippen LogP contribution in [0.5, 0.6) is 5.75 Å². The molecule has 1 N–H and O–H groups in total. The standard InChI is InChI=1S/C14H16N2O3/c1-9-13(17)15-11-5-4-10(8-12(11)19-9)14(18)16-6-2-3-7-16/h4-5,8-9H,2-3,6-7H2,1H3,(H,15,17). The Kier molecular flexibility index (Phi) is 2.89. The van der Waals surface area contributed by atoms with Crippen molar-refractivity contribution in [3.63, 3.8) is 0 Å². The molecule has 5 nitrogen and oxygen atoms in total. The summed E-state index contributed by atoms with van der Waals surface area (Å²) in [4.78, 5) is 25.6. The number of hydrogen-bond donors (Lipinski definition) is 1. The molecule has 1 atom stereocenters. The number of rotatable bonds is 1. The summed E-state index contributed by atoms with van der Waals surface area (Å²) in [7, 11) is 0. The molecule has 2 aliphatic rings. The van der Waals surface area contributed by atoms with Gasteiger partial charge in [-0.3, -0.25) is 9.59 Å². The van der Waals surface area contributed by atoms with Crippen LogP contribution in [0.4, 0.5) is 5.69 Å². The van der Waals surface area contributed by atoms with Crippen LogP contribution in [-0.4, -0.2) is 35.9 Å². The molecule has 1 saturated heterocycles. The van der Waals surface area contributed by atoms with Crippen LogP contribution in [0.2, 0.25) is 0 Å². The van der Waals surface area contributed by atoms with E-state index in [1.165, 1.54) is 0 Å². The Morgan fingerprint density at radius 3 is 2.84 bits per heavy atom. The summed E-state index contributed by atoms with van der Waals surface area (Å²) >= 11 is 0. The summed E-state index contributed by atoms with van der Waals surface area (Å²) < 4.78 is 5.51. The highest BCUT2D eigenvalue weighted by Crippen LogP contribution is 2.31. The fraction of sp³-hybridized carbons (Fsp3) is 0.429. The molecule has 2 heterocycles. The summed E-state index contributed by atoms with van der Waals surface area (Å²) in [5.74, 6) is 0.441. The van der Waals surface area contributed by atoms with Crippen LogP contribution in [0.1, 0.15) is 30.1 Å². The highest BCUT2D eigenvalue weighted by molar-refractivity contribution is 6.00.